The van der Waals surface area contributed by atoms with Crippen molar-refractivity contribution in [3.05, 3.63) is 52.5 Å². The first-order valence-electron chi connectivity index (χ1n) is 12.5. The molecule has 0 unspecified atom stereocenters. The van der Waals surface area contributed by atoms with Gasteiger partial charge in [0.15, 0.2) is 0 Å². The topological polar surface area (TPSA) is 62.3 Å². The van der Waals surface area contributed by atoms with Crippen LogP contribution in [0.4, 0.5) is 20.5 Å². The first kappa shape index (κ1) is 26.5. The molecule has 6 nitrogen and oxygen atoms in total. The molecule has 1 saturated carbocycles. The van der Waals surface area contributed by atoms with Crippen molar-refractivity contribution in [1.29, 1.82) is 0 Å². The first-order chi connectivity index (χ1) is 17.4. The predicted molar refractivity (Wildman–Crippen MR) is 145 cm³/mol. The van der Waals surface area contributed by atoms with Crippen LogP contribution in [0.1, 0.15) is 37.7 Å². The van der Waals surface area contributed by atoms with E-state index in [2.05, 4.69) is 37.4 Å². The summed E-state index contributed by atoms with van der Waals surface area (Å²) >= 11 is 3.31. The van der Waals surface area contributed by atoms with E-state index in [0.717, 1.165) is 72.0 Å². The Morgan fingerprint density at radius 3 is 2.61 bits per heavy atom. The van der Waals surface area contributed by atoms with E-state index in [9.17, 15) is 8.78 Å². The maximum Gasteiger partial charge on any atom is 0.387 e. The van der Waals surface area contributed by atoms with E-state index in [1.165, 1.54) is 0 Å². The van der Waals surface area contributed by atoms with Crippen LogP contribution in [-0.4, -0.2) is 49.8 Å². The van der Waals surface area contributed by atoms with Gasteiger partial charge in [-0.3, -0.25) is 0 Å². The number of nitrogens with zero attached hydrogens (tertiary/aromatic N) is 3. The Kier molecular flexibility index (Phi) is 9.31. The summed E-state index contributed by atoms with van der Waals surface area (Å²) in [6.07, 6.45) is 6.04. The van der Waals surface area contributed by atoms with Crippen LogP contribution >= 0.6 is 15.9 Å². The van der Waals surface area contributed by atoms with Crippen LogP contribution in [0.3, 0.4) is 0 Å². The van der Waals surface area contributed by atoms with Gasteiger partial charge in [-0.15, -0.1) is 0 Å². The van der Waals surface area contributed by atoms with E-state index in [0.29, 0.717) is 24.3 Å². The maximum atomic E-state index is 12.7. The Balaban J connectivity index is 1.20. The number of aromatic nitrogens is 2. The minimum absolute atomic E-state index is 0.248. The molecule has 4 rings (SSSR count). The van der Waals surface area contributed by atoms with Gasteiger partial charge >= 0.3 is 6.61 Å². The van der Waals surface area contributed by atoms with Crippen molar-refractivity contribution in [3.63, 3.8) is 0 Å². The molecule has 0 atom stereocenters. The largest absolute Gasteiger partial charge is 0.435 e. The molecule has 1 aliphatic rings. The highest BCUT2D eigenvalue weighted by atomic mass is 79.9. The second-order valence-electron chi connectivity index (χ2n) is 9.58. The molecule has 0 spiro atoms. The summed E-state index contributed by atoms with van der Waals surface area (Å²) < 4.78 is 30.8. The van der Waals surface area contributed by atoms with Crippen molar-refractivity contribution in [2.24, 2.45) is 5.92 Å². The molecule has 36 heavy (non-hydrogen) atoms. The number of hydrogen-bond donors (Lipinski definition) is 2. The summed E-state index contributed by atoms with van der Waals surface area (Å²) in [7, 11) is 4.01. The lowest BCUT2D eigenvalue weighted by Gasteiger charge is -2.29. The minimum Gasteiger partial charge on any atom is -0.435 e. The third kappa shape index (κ3) is 7.26. The van der Waals surface area contributed by atoms with Gasteiger partial charge in [0, 0.05) is 30.0 Å². The Morgan fingerprint density at radius 2 is 1.86 bits per heavy atom. The van der Waals surface area contributed by atoms with Crippen LogP contribution < -0.4 is 20.3 Å². The van der Waals surface area contributed by atoms with E-state index >= 15 is 0 Å². The number of benzene rings is 2. The molecule has 0 amide bonds. The van der Waals surface area contributed by atoms with Gasteiger partial charge in [-0.25, -0.2) is 4.98 Å². The molecular formula is C27H34BrF2N5O. The quantitative estimate of drug-likeness (QED) is 0.270. The molecule has 1 fully saturated rings. The number of ether oxygens (including phenoxy) is 1. The fraction of sp³-hybridized carbons (Fsp3) is 0.481. The van der Waals surface area contributed by atoms with Crippen LogP contribution in [0.15, 0.2) is 46.9 Å². The van der Waals surface area contributed by atoms with Crippen molar-refractivity contribution >= 4 is 38.6 Å². The first-order valence-corrected chi connectivity index (χ1v) is 13.3. The van der Waals surface area contributed by atoms with Crippen molar-refractivity contribution in [3.8, 4) is 5.75 Å². The van der Waals surface area contributed by atoms with Crippen molar-refractivity contribution < 1.29 is 13.5 Å². The number of halogens is 3. The lowest BCUT2D eigenvalue weighted by Crippen LogP contribution is -2.32. The van der Waals surface area contributed by atoms with E-state index in [1.807, 2.05) is 49.3 Å². The molecule has 3 aromatic rings. The number of hydrogen-bond acceptors (Lipinski definition) is 6. The molecule has 0 radical (unpaired) electrons. The van der Waals surface area contributed by atoms with Crippen LogP contribution in [0, 0.1) is 5.92 Å². The monoisotopic (exact) mass is 561 g/mol. The second kappa shape index (κ2) is 12.6. The Hall–Kier alpha value is -2.52. The van der Waals surface area contributed by atoms with Crippen LogP contribution in [0.25, 0.3) is 10.9 Å². The third-order valence-corrected chi connectivity index (χ3v) is 7.16. The maximum absolute atomic E-state index is 12.7. The molecule has 2 aromatic carbocycles. The molecule has 0 bridgehead atoms. The summed E-state index contributed by atoms with van der Waals surface area (Å²) in [5.74, 6) is 2.51. The molecule has 0 aliphatic heterocycles. The fourth-order valence-corrected chi connectivity index (χ4v) is 5.15. The number of aryl methyl sites for hydroxylation is 1. The average molecular weight is 563 g/mol. The highest BCUT2D eigenvalue weighted by Crippen LogP contribution is 2.29. The summed E-state index contributed by atoms with van der Waals surface area (Å²) in [6.45, 7) is -0.991. The molecule has 2 N–H and O–H groups in total. The standard InChI is InChI=1S/C27H34BrF2N5O/c1-35(2)25-22-7-3-4-8-23(22)33-27(34-25)32-21-13-9-18(10-14-21)17-31-15-5-6-19-11-12-20(28)16-24(19)36-26(29)30/h3-4,7-8,11-12,16,18,21,26,31H,5-6,9-10,13-15,17H2,1-2H3,(H,32,33,34). The van der Waals surface area contributed by atoms with Gasteiger partial charge in [0.05, 0.1) is 5.52 Å². The Bertz CT molecular complexity index is 1140. The van der Waals surface area contributed by atoms with Gasteiger partial charge in [0.2, 0.25) is 5.95 Å². The highest BCUT2D eigenvalue weighted by molar-refractivity contribution is 9.10. The molecular weight excluding hydrogens is 528 g/mol. The van der Waals surface area contributed by atoms with Crippen molar-refractivity contribution in [1.82, 2.24) is 15.3 Å². The zero-order valence-corrected chi connectivity index (χ0v) is 22.4. The number of alkyl halides is 2. The SMILES string of the molecule is CN(C)c1nc(NC2CCC(CNCCCc3ccc(Br)cc3OC(F)F)CC2)nc2ccccc12. The molecule has 9 heteroatoms. The van der Waals surface area contributed by atoms with Crippen LogP contribution in [-0.2, 0) is 6.42 Å². The summed E-state index contributed by atoms with van der Waals surface area (Å²) in [5.41, 5.74) is 1.76. The molecule has 1 aromatic heterocycles. The lowest BCUT2D eigenvalue weighted by atomic mass is 9.86. The molecule has 0 saturated heterocycles. The number of rotatable bonds is 11. The number of anilines is 2. The van der Waals surface area contributed by atoms with Gasteiger partial charge in [0.25, 0.3) is 0 Å². The number of nitrogens with one attached hydrogen (secondary N) is 2. The lowest BCUT2D eigenvalue weighted by molar-refractivity contribution is -0.0504. The summed E-state index contributed by atoms with van der Waals surface area (Å²) in [5, 5.41) is 8.18. The normalized spacial score (nSPS) is 17.9. The van der Waals surface area contributed by atoms with Crippen LogP contribution in [0.5, 0.6) is 5.75 Å². The number of para-hydroxylation sites is 1. The second-order valence-corrected chi connectivity index (χ2v) is 10.5. The number of fused-ring (bicyclic) bond motifs is 1. The van der Waals surface area contributed by atoms with Gasteiger partial charge in [0.1, 0.15) is 11.6 Å². The van der Waals surface area contributed by atoms with E-state index < -0.39 is 6.61 Å². The predicted octanol–water partition coefficient (Wildman–Crippen LogP) is 6.25. The van der Waals surface area contributed by atoms with Crippen molar-refractivity contribution in [2.45, 2.75) is 51.2 Å². The molecule has 1 heterocycles. The van der Waals surface area contributed by atoms with Crippen molar-refractivity contribution in [2.75, 3.05) is 37.4 Å². The zero-order chi connectivity index (χ0) is 25.5. The molecule has 1 aliphatic carbocycles. The summed E-state index contributed by atoms with van der Waals surface area (Å²) in [4.78, 5) is 11.5. The Labute approximate surface area is 220 Å². The van der Waals surface area contributed by atoms with Gasteiger partial charge in [-0.1, -0.05) is 34.1 Å². The van der Waals surface area contributed by atoms with Crippen LogP contribution in [0.2, 0.25) is 0 Å². The third-order valence-electron chi connectivity index (χ3n) is 6.66. The molecule has 194 valence electrons. The van der Waals surface area contributed by atoms with E-state index in [4.69, 9.17) is 9.97 Å². The van der Waals surface area contributed by atoms with Gasteiger partial charge < -0.3 is 20.3 Å². The van der Waals surface area contributed by atoms with Gasteiger partial charge in [-0.2, -0.15) is 13.8 Å². The van der Waals surface area contributed by atoms with E-state index in [-0.39, 0.29) is 5.75 Å². The summed E-state index contributed by atoms with van der Waals surface area (Å²) in [6, 6.07) is 13.8. The fourth-order valence-electron chi connectivity index (χ4n) is 4.81. The Morgan fingerprint density at radius 1 is 1.08 bits per heavy atom. The average Bonchev–Trinajstić information content (AvgIpc) is 2.85. The van der Waals surface area contributed by atoms with Gasteiger partial charge in [-0.05, 0) is 87.4 Å². The smallest absolute Gasteiger partial charge is 0.387 e. The van der Waals surface area contributed by atoms with E-state index in [1.54, 1.807) is 6.07 Å². The zero-order valence-electron chi connectivity index (χ0n) is 20.8. The highest BCUT2D eigenvalue weighted by Gasteiger charge is 2.22. The minimum atomic E-state index is -2.82.